The van der Waals surface area contributed by atoms with Gasteiger partial charge in [0.1, 0.15) is 29.7 Å². The van der Waals surface area contributed by atoms with E-state index in [1.807, 2.05) is 48.6 Å². The topological polar surface area (TPSA) is 127 Å². The largest absolute Gasteiger partial charge is 0.465 e. The maximum Gasteiger partial charge on any atom is 0.312 e. The molecule has 6 rings (SSSR count). The zero-order valence-electron chi connectivity index (χ0n) is 23.1. The van der Waals surface area contributed by atoms with E-state index in [4.69, 9.17) is 14.6 Å². The van der Waals surface area contributed by atoms with Crippen molar-refractivity contribution in [3.8, 4) is 0 Å². The Bertz CT molecular complexity index is 1360. The maximum atomic E-state index is 14.4. The van der Waals surface area contributed by atoms with Gasteiger partial charge in [-0.2, -0.15) is 0 Å². The molecule has 2 fully saturated rings. The van der Waals surface area contributed by atoms with Crippen LogP contribution in [0.25, 0.3) is 11.0 Å². The van der Waals surface area contributed by atoms with Crippen LogP contribution in [-0.4, -0.2) is 91.7 Å². The van der Waals surface area contributed by atoms with E-state index < -0.39 is 35.6 Å². The number of rotatable bonds is 8. The van der Waals surface area contributed by atoms with Crippen LogP contribution in [0.15, 0.2) is 48.6 Å². The lowest BCUT2D eigenvalue weighted by molar-refractivity contribution is -0.155. The normalized spacial score (nSPS) is 30.6. The number of cyclic esters (lactones) is 1. The number of carbonyl (C=O) groups excluding carboxylic acids is 3. The average molecular weight is 564 g/mol. The summed E-state index contributed by atoms with van der Waals surface area (Å²) in [7, 11) is 0. The third-order valence-corrected chi connectivity index (χ3v) is 8.72. The number of hydrogen-bond acceptors (Lipinski definition) is 8. The van der Waals surface area contributed by atoms with Crippen LogP contribution in [-0.2, 0) is 30.5 Å². The number of ether oxygens (including phenoxy) is 2. The Hall–Kier alpha value is -3.57. The van der Waals surface area contributed by atoms with Crippen LogP contribution in [0.4, 0.5) is 0 Å². The first-order valence-electron chi connectivity index (χ1n) is 14.7. The minimum atomic E-state index is -1.29. The summed E-state index contributed by atoms with van der Waals surface area (Å²) in [5.41, 5.74) is 0.250. The number of carbonyl (C=O) groups is 3. The molecule has 4 aliphatic rings. The maximum absolute atomic E-state index is 14.4. The second kappa shape index (κ2) is 11.7. The van der Waals surface area contributed by atoms with Crippen molar-refractivity contribution in [3.05, 3.63) is 48.6 Å². The van der Waals surface area contributed by atoms with Gasteiger partial charge in [0.25, 0.3) is 5.91 Å². The van der Waals surface area contributed by atoms with Crippen molar-refractivity contribution < 1.29 is 29.0 Å². The fourth-order valence-electron chi connectivity index (χ4n) is 6.76. The van der Waals surface area contributed by atoms with Gasteiger partial charge >= 0.3 is 5.97 Å². The van der Waals surface area contributed by atoms with Crippen LogP contribution < -0.4 is 0 Å². The highest BCUT2D eigenvalue weighted by molar-refractivity contribution is 5.99. The summed E-state index contributed by atoms with van der Waals surface area (Å²) in [6.45, 7) is 1.25. The Kier molecular flexibility index (Phi) is 7.90. The number of aromatic nitrogens is 3. The molecular weight excluding hydrogens is 526 g/mol. The molecule has 4 aliphatic heterocycles. The average Bonchev–Trinajstić information content (AvgIpc) is 3.57. The molecule has 0 radical (unpaired) electrons. The first-order chi connectivity index (χ1) is 20.0. The molecule has 2 amide bonds. The molecule has 218 valence electrons. The van der Waals surface area contributed by atoms with Crippen molar-refractivity contribution in [3.63, 3.8) is 0 Å². The van der Waals surface area contributed by atoms with Crippen LogP contribution in [0.5, 0.6) is 0 Å². The third kappa shape index (κ3) is 4.95. The number of hydrogen-bond donors (Lipinski definition) is 1. The van der Waals surface area contributed by atoms with Crippen molar-refractivity contribution in [2.24, 2.45) is 11.8 Å². The monoisotopic (exact) mass is 563 g/mol. The predicted octanol–water partition coefficient (Wildman–Crippen LogP) is 2.20. The van der Waals surface area contributed by atoms with Gasteiger partial charge in [-0.25, -0.2) is 4.68 Å². The lowest BCUT2D eigenvalue weighted by Gasteiger charge is -2.35. The van der Waals surface area contributed by atoms with E-state index in [2.05, 4.69) is 10.3 Å². The molecule has 2 saturated heterocycles. The molecule has 0 aliphatic carbocycles. The van der Waals surface area contributed by atoms with E-state index in [0.29, 0.717) is 32.5 Å². The van der Waals surface area contributed by atoms with E-state index in [-0.39, 0.29) is 25.1 Å². The lowest BCUT2D eigenvalue weighted by Crippen LogP contribution is -2.55. The molecule has 41 heavy (non-hydrogen) atoms. The van der Waals surface area contributed by atoms with Gasteiger partial charge in [0.2, 0.25) is 5.91 Å². The number of aliphatic hydroxyl groups excluding tert-OH is 1. The number of unbranched alkanes of at least 4 members (excludes halogenated alkanes) is 3. The molecule has 5 heterocycles. The number of para-hydroxylation sites is 1. The second-order valence-corrected chi connectivity index (χ2v) is 11.3. The summed E-state index contributed by atoms with van der Waals surface area (Å²) < 4.78 is 14.0. The molecule has 1 unspecified atom stereocenters. The summed E-state index contributed by atoms with van der Waals surface area (Å²) in [5, 5.41) is 17.7. The molecule has 0 bridgehead atoms. The smallest absolute Gasteiger partial charge is 0.312 e. The molecule has 2 aromatic rings. The summed E-state index contributed by atoms with van der Waals surface area (Å²) in [4.78, 5) is 45.4. The minimum absolute atomic E-state index is 0.123. The Labute approximate surface area is 238 Å². The molecule has 1 aromatic carbocycles. The minimum Gasteiger partial charge on any atom is -0.465 e. The molecular formula is C30H37N5O6. The third-order valence-electron chi connectivity index (χ3n) is 8.72. The summed E-state index contributed by atoms with van der Waals surface area (Å²) in [5.74, 6) is -2.64. The van der Waals surface area contributed by atoms with Gasteiger partial charge < -0.3 is 24.4 Å². The Morgan fingerprint density at radius 3 is 2.76 bits per heavy atom. The highest BCUT2D eigenvalue weighted by atomic mass is 16.6. The number of esters is 1. The second-order valence-electron chi connectivity index (χ2n) is 11.3. The summed E-state index contributed by atoms with van der Waals surface area (Å²) in [6.07, 6.45) is 12.4. The fourth-order valence-corrected chi connectivity index (χ4v) is 6.76. The van der Waals surface area contributed by atoms with Crippen LogP contribution >= 0.6 is 0 Å². The Morgan fingerprint density at radius 2 is 1.88 bits per heavy atom. The van der Waals surface area contributed by atoms with Crippen molar-refractivity contribution in [1.29, 1.82) is 0 Å². The molecule has 11 nitrogen and oxygen atoms in total. The predicted molar refractivity (Wildman–Crippen MR) is 148 cm³/mol. The number of fused-ring (bicyclic) bond motifs is 3. The van der Waals surface area contributed by atoms with E-state index in [0.717, 1.165) is 43.1 Å². The number of amides is 2. The Morgan fingerprint density at radius 1 is 1.02 bits per heavy atom. The van der Waals surface area contributed by atoms with Gasteiger partial charge in [-0.3, -0.25) is 14.4 Å². The first-order valence-corrected chi connectivity index (χ1v) is 14.7. The Balaban J connectivity index is 1.35. The summed E-state index contributed by atoms with van der Waals surface area (Å²) >= 11 is 0. The SMILES string of the molecule is O=C1OCCCC/C=C\[C@@H]2O[C@]34C=CCN(Cn5nnc6ccccc65)C(=O)C3N(CCCCCCO)C(=O)[C@@H]4[C@H]12. The van der Waals surface area contributed by atoms with Crippen LogP contribution in [0.1, 0.15) is 44.9 Å². The number of aliphatic hydroxyl groups is 1. The van der Waals surface area contributed by atoms with Crippen LogP contribution in [0.2, 0.25) is 0 Å². The molecule has 1 spiro atoms. The van der Waals surface area contributed by atoms with Crippen molar-refractivity contribution in [1.82, 2.24) is 24.8 Å². The van der Waals surface area contributed by atoms with E-state index in [1.165, 1.54) is 0 Å². The van der Waals surface area contributed by atoms with Gasteiger partial charge in [0.05, 0.1) is 24.1 Å². The van der Waals surface area contributed by atoms with Gasteiger partial charge in [0.15, 0.2) is 0 Å². The zero-order valence-corrected chi connectivity index (χ0v) is 23.1. The van der Waals surface area contributed by atoms with Gasteiger partial charge in [-0.1, -0.05) is 54.5 Å². The van der Waals surface area contributed by atoms with E-state index >= 15 is 0 Å². The molecule has 5 atom stereocenters. The van der Waals surface area contributed by atoms with E-state index in [9.17, 15) is 14.4 Å². The standard InChI is InChI=1S/C30H37N5O6/c36-18-9-3-2-8-17-34-26-28(38)33(20-35-22-13-7-6-12-21(22)31-32-35)16-11-15-30(26)25(27(34)37)24-23(41-30)14-5-1-4-10-19-40-29(24)39/h5-7,11-15,23-26,36H,1-4,8-10,16-20H2/b14-5-/t23-,24+,25-,26?,30-/m0/s1. The quantitative estimate of drug-likeness (QED) is 0.294. The number of nitrogens with zero attached hydrogens (tertiary/aromatic N) is 5. The fraction of sp³-hybridized carbons (Fsp3) is 0.567. The van der Waals surface area contributed by atoms with Crippen molar-refractivity contribution >= 4 is 28.8 Å². The number of likely N-dealkylation sites (tertiary alicyclic amines) is 1. The van der Waals surface area contributed by atoms with Gasteiger partial charge in [-0.15, -0.1) is 5.10 Å². The number of allylic oxidation sites excluding steroid dienone is 1. The molecule has 1 aromatic heterocycles. The lowest BCUT2D eigenvalue weighted by atomic mass is 9.78. The van der Waals surface area contributed by atoms with Crippen LogP contribution in [0, 0.1) is 11.8 Å². The van der Waals surface area contributed by atoms with E-state index in [1.54, 1.807) is 14.5 Å². The van der Waals surface area contributed by atoms with Gasteiger partial charge in [-0.05, 0) is 44.2 Å². The van der Waals surface area contributed by atoms with Crippen LogP contribution in [0.3, 0.4) is 0 Å². The van der Waals surface area contributed by atoms with Crippen molar-refractivity contribution in [2.45, 2.75) is 69.4 Å². The molecule has 0 saturated carbocycles. The van der Waals surface area contributed by atoms with Gasteiger partial charge in [0, 0.05) is 19.7 Å². The summed E-state index contributed by atoms with van der Waals surface area (Å²) in [6, 6.07) is 6.63. The molecule has 1 N–H and O–H groups in total. The highest BCUT2D eigenvalue weighted by Crippen LogP contribution is 2.53. The number of benzene rings is 1. The highest BCUT2D eigenvalue weighted by Gasteiger charge is 2.71. The van der Waals surface area contributed by atoms with Crippen molar-refractivity contribution in [2.75, 3.05) is 26.3 Å². The molecule has 11 heteroatoms. The first kappa shape index (κ1) is 27.6. The zero-order chi connectivity index (χ0) is 28.4.